The third-order valence-electron chi connectivity index (χ3n) is 6.48. The second-order valence-electron chi connectivity index (χ2n) is 9.19. The zero-order valence-corrected chi connectivity index (χ0v) is 25.0. The van der Waals surface area contributed by atoms with Gasteiger partial charge in [-0.2, -0.15) is 0 Å². The van der Waals surface area contributed by atoms with Gasteiger partial charge in [-0.25, -0.2) is 28.1 Å². The van der Waals surface area contributed by atoms with Crippen LogP contribution in [0, 0.1) is 6.92 Å². The SMILES string of the molecule is COc1cc2cc(OCCc3nc(-c4ccccc4)sc3C)ccc2nc1C(OP1(=O)OCCO1)[P+]1([O-])OCCO1. The second kappa shape index (κ2) is 12.0. The number of fused-ring (bicyclic) bond motifs is 1. The Bertz CT molecular complexity index is 1570. The summed E-state index contributed by atoms with van der Waals surface area (Å²) in [4.78, 5) is 24.1. The highest BCUT2D eigenvalue weighted by Crippen LogP contribution is 2.73. The van der Waals surface area contributed by atoms with Crippen LogP contribution in [0.3, 0.4) is 0 Å². The van der Waals surface area contributed by atoms with Crippen LogP contribution in [0.25, 0.3) is 21.5 Å². The highest BCUT2D eigenvalue weighted by atomic mass is 32.1. The molecule has 4 heterocycles. The lowest BCUT2D eigenvalue weighted by atomic mass is 10.2. The molecule has 11 nitrogen and oxygen atoms in total. The number of thiazole rings is 1. The number of benzene rings is 2. The maximum Gasteiger partial charge on any atom is 0.478 e. The van der Waals surface area contributed by atoms with Crippen LogP contribution in [0.15, 0.2) is 54.6 Å². The van der Waals surface area contributed by atoms with Crippen LogP contribution in [-0.4, -0.2) is 50.1 Å². The molecule has 2 aliphatic heterocycles. The molecular formula is C27H28N2O9P2S. The topological polar surface area (TPSA) is 131 Å². The molecule has 2 saturated heterocycles. The number of nitrogens with zero attached hydrogens (tertiary/aromatic N) is 2. The number of hydrogen-bond acceptors (Lipinski definition) is 12. The molecule has 14 heteroatoms. The van der Waals surface area contributed by atoms with Gasteiger partial charge in [-0.15, -0.1) is 11.3 Å². The van der Waals surface area contributed by atoms with Gasteiger partial charge in [0.15, 0.2) is 5.69 Å². The van der Waals surface area contributed by atoms with Gasteiger partial charge in [0, 0.05) is 22.2 Å². The van der Waals surface area contributed by atoms with Crippen LogP contribution < -0.4 is 14.4 Å². The highest BCUT2D eigenvalue weighted by molar-refractivity contribution is 7.60. The maximum atomic E-state index is 13.5. The highest BCUT2D eigenvalue weighted by Gasteiger charge is 2.54. The Balaban J connectivity index is 1.21. The Kier molecular flexibility index (Phi) is 8.38. The largest absolute Gasteiger partial charge is 0.629 e. The van der Waals surface area contributed by atoms with Crippen molar-refractivity contribution >= 4 is 38.0 Å². The van der Waals surface area contributed by atoms with Crippen molar-refractivity contribution in [2.24, 2.45) is 0 Å². The maximum absolute atomic E-state index is 13.5. The molecule has 0 N–H and O–H groups in total. The zero-order valence-electron chi connectivity index (χ0n) is 22.4. The molecule has 1 atom stereocenters. The number of aryl methyl sites for hydroxylation is 1. The van der Waals surface area contributed by atoms with Crippen molar-refractivity contribution in [1.29, 1.82) is 0 Å². The van der Waals surface area contributed by atoms with Gasteiger partial charge in [0.05, 0.1) is 38.1 Å². The summed E-state index contributed by atoms with van der Waals surface area (Å²) in [5.74, 6) is -0.594. The summed E-state index contributed by atoms with van der Waals surface area (Å²) < 4.78 is 51.3. The minimum Gasteiger partial charge on any atom is -0.629 e. The van der Waals surface area contributed by atoms with Gasteiger partial charge in [-0.1, -0.05) is 30.3 Å². The molecular weight excluding hydrogens is 590 g/mol. The Hall–Kier alpha value is -2.50. The Morgan fingerprint density at radius 2 is 1.80 bits per heavy atom. The van der Waals surface area contributed by atoms with E-state index in [4.69, 9.17) is 37.1 Å². The smallest absolute Gasteiger partial charge is 0.478 e. The van der Waals surface area contributed by atoms with E-state index in [0.29, 0.717) is 29.7 Å². The van der Waals surface area contributed by atoms with Gasteiger partial charge < -0.3 is 14.4 Å². The van der Waals surface area contributed by atoms with Crippen molar-refractivity contribution in [1.82, 2.24) is 9.97 Å². The minimum absolute atomic E-state index is 0.0807. The quantitative estimate of drug-likeness (QED) is 0.205. The van der Waals surface area contributed by atoms with E-state index in [9.17, 15) is 9.46 Å². The van der Waals surface area contributed by atoms with Crippen LogP contribution in [0.2, 0.25) is 0 Å². The van der Waals surface area contributed by atoms with Crippen LogP contribution in [0.1, 0.15) is 22.1 Å². The van der Waals surface area contributed by atoms with Crippen LogP contribution in [-0.2, 0) is 33.6 Å². The number of aromatic nitrogens is 2. The molecule has 4 aromatic rings. The standard InChI is InChI=1S/C27H28N2O9P2S/c1-18-22(29-26(41-18)19-6-4-3-5-7-19)10-11-33-21-8-9-23-20(16-21)17-24(32-2)25(28-23)27(39(30)34-12-13-35-39)38-40(31)36-14-15-37-40/h3-9,16-17,27H,10-15H2,1-2H3. The van der Waals surface area contributed by atoms with Crippen molar-refractivity contribution in [3.8, 4) is 22.1 Å². The van der Waals surface area contributed by atoms with E-state index in [1.807, 2.05) is 24.3 Å². The van der Waals surface area contributed by atoms with Gasteiger partial charge in [-0.05, 0) is 31.2 Å². The average molecular weight is 619 g/mol. The summed E-state index contributed by atoms with van der Waals surface area (Å²) in [5.41, 5.74) is 2.75. The lowest BCUT2D eigenvalue weighted by Gasteiger charge is -2.30. The molecule has 0 aliphatic carbocycles. The van der Waals surface area contributed by atoms with Crippen molar-refractivity contribution < 1.29 is 41.6 Å². The molecule has 6 rings (SSSR count). The van der Waals surface area contributed by atoms with E-state index in [0.717, 1.165) is 21.1 Å². The minimum atomic E-state index is -4.00. The first-order chi connectivity index (χ1) is 19.9. The average Bonchev–Trinajstić information content (AvgIpc) is 3.72. The van der Waals surface area contributed by atoms with E-state index in [2.05, 4.69) is 24.0 Å². The number of phosphoric ester groups is 1. The number of rotatable bonds is 10. The first kappa shape index (κ1) is 28.6. The molecule has 0 amide bonds. The summed E-state index contributed by atoms with van der Waals surface area (Å²) >= 11 is 1.67. The van der Waals surface area contributed by atoms with Crippen molar-refractivity contribution in [2.45, 2.75) is 19.2 Å². The van der Waals surface area contributed by atoms with E-state index in [1.165, 1.54) is 7.11 Å². The van der Waals surface area contributed by atoms with Gasteiger partial charge in [0.25, 0.3) is 13.8 Å². The molecule has 41 heavy (non-hydrogen) atoms. The molecule has 0 saturated carbocycles. The number of methoxy groups -OCH3 is 1. The monoisotopic (exact) mass is 618 g/mol. The molecule has 2 aliphatic rings. The molecule has 2 aromatic carbocycles. The number of hydrogen-bond donors (Lipinski definition) is 0. The normalized spacial score (nSPS) is 18.5. The number of ether oxygens (including phenoxy) is 2. The van der Waals surface area contributed by atoms with Gasteiger partial charge >= 0.3 is 7.82 Å². The second-order valence-corrected chi connectivity index (χ2v) is 14.1. The van der Waals surface area contributed by atoms with Gasteiger partial charge in [0.1, 0.15) is 29.7 Å². The summed E-state index contributed by atoms with van der Waals surface area (Å²) in [7, 11) is -6.47. The molecule has 0 bridgehead atoms. The molecule has 216 valence electrons. The predicted octanol–water partition coefficient (Wildman–Crippen LogP) is 5.64. The van der Waals surface area contributed by atoms with Crippen LogP contribution in [0.4, 0.5) is 0 Å². The van der Waals surface area contributed by atoms with E-state index in [-0.39, 0.29) is 37.9 Å². The first-order valence-electron chi connectivity index (χ1n) is 13.0. The lowest BCUT2D eigenvalue weighted by molar-refractivity contribution is -0.217. The summed E-state index contributed by atoms with van der Waals surface area (Å²) in [6, 6.07) is 17.2. The summed E-state index contributed by atoms with van der Waals surface area (Å²) in [6.45, 7) is 2.85. The zero-order chi connectivity index (χ0) is 28.5. The lowest BCUT2D eigenvalue weighted by Crippen LogP contribution is -2.21. The fourth-order valence-corrected chi connectivity index (χ4v) is 8.89. The first-order valence-corrected chi connectivity index (χ1v) is 16.8. The Labute approximate surface area is 241 Å². The van der Waals surface area contributed by atoms with Crippen molar-refractivity contribution in [3.63, 3.8) is 0 Å². The van der Waals surface area contributed by atoms with Gasteiger partial charge in [0.2, 0.25) is 0 Å². The number of phosphoric acid groups is 1. The third kappa shape index (κ3) is 6.17. The number of pyridine rings is 1. The Morgan fingerprint density at radius 1 is 1.05 bits per heavy atom. The fourth-order valence-electron chi connectivity index (χ4n) is 4.49. The van der Waals surface area contributed by atoms with Crippen molar-refractivity contribution in [2.75, 3.05) is 40.1 Å². The van der Waals surface area contributed by atoms with Crippen LogP contribution >= 0.6 is 27.1 Å². The fraction of sp³-hybridized carbons (Fsp3) is 0.333. The molecule has 0 radical (unpaired) electrons. The Morgan fingerprint density at radius 3 is 2.54 bits per heavy atom. The van der Waals surface area contributed by atoms with E-state index < -0.39 is 21.6 Å². The predicted molar refractivity (Wildman–Crippen MR) is 152 cm³/mol. The molecule has 2 fully saturated rings. The molecule has 1 unspecified atom stereocenters. The molecule has 0 spiro atoms. The van der Waals surface area contributed by atoms with Gasteiger partial charge in [-0.3, -0.25) is 9.05 Å². The molecule has 2 aromatic heterocycles. The van der Waals surface area contributed by atoms with E-state index >= 15 is 0 Å². The summed E-state index contributed by atoms with van der Waals surface area (Å²) in [6.07, 6.45) is 0.659. The van der Waals surface area contributed by atoms with E-state index in [1.54, 1.807) is 29.5 Å². The third-order valence-corrected chi connectivity index (χ3v) is 11.2. The van der Waals surface area contributed by atoms with Crippen LogP contribution in [0.5, 0.6) is 11.5 Å². The summed E-state index contributed by atoms with van der Waals surface area (Å²) in [5, 5.41) is 1.71. The van der Waals surface area contributed by atoms with Crippen molar-refractivity contribution in [3.05, 3.63) is 70.9 Å².